The van der Waals surface area contributed by atoms with Gasteiger partial charge < -0.3 is 9.73 Å². The fourth-order valence-corrected chi connectivity index (χ4v) is 2.63. The van der Waals surface area contributed by atoms with Crippen molar-refractivity contribution >= 4 is 22.6 Å². The zero-order chi connectivity index (χ0) is 12.5. The summed E-state index contributed by atoms with van der Waals surface area (Å²) >= 11 is 5.89. The van der Waals surface area contributed by atoms with Gasteiger partial charge in [0, 0.05) is 17.0 Å². The first kappa shape index (κ1) is 11.8. The second kappa shape index (κ2) is 4.75. The first-order valence-corrected chi connectivity index (χ1v) is 6.56. The number of nitrogens with one attached hydrogen (secondary N) is 1. The van der Waals surface area contributed by atoms with Gasteiger partial charge in [-0.2, -0.15) is 0 Å². The van der Waals surface area contributed by atoms with Gasteiger partial charge in [-0.05, 0) is 44.1 Å². The summed E-state index contributed by atoms with van der Waals surface area (Å²) < 4.78 is 5.85. The van der Waals surface area contributed by atoms with Gasteiger partial charge in [0.1, 0.15) is 11.3 Å². The van der Waals surface area contributed by atoms with Crippen molar-refractivity contribution in [1.29, 1.82) is 0 Å². The van der Waals surface area contributed by atoms with Gasteiger partial charge in [0.25, 0.3) is 0 Å². The highest BCUT2D eigenvalue weighted by molar-refractivity contribution is 6.31. The molecule has 1 N–H and O–H groups in total. The van der Waals surface area contributed by atoms with Crippen molar-refractivity contribution in [3.63, 3.8) is 0 Å². The summed E-state index contributed by atoms with van der Waals surface area (Å²) in [5.41, 5.74) is 0.618. The van der Waals surface area contributed by atoms with Crippen LogP contribution < -0.4 is 10.7 Å². The quantitative estimate of drug-likeness (QED) is 0.860. The third-order valence-corrected chi connectivity index (χ3v) is 3.68. The van der Waals surface area contributed by atoms with Gasteiger partial charge in [-0.25, -0.2) is 0 Å². The molecule has 0 saturated carbocycles. The predicted octanol–water partition coefficient (Wildman–Crippen LogP) is 2.91. The average molecular weight is 264 g/mol. The molecule has 4 heteroatoms. The van der Waals surface area contributed by atoms with Gasteiger partial charge in [0.2, 0.25) is 0 Å². The number of rotatable bonds is 1. The minimum Gasteiger partial charge on any atom is -0.461 e. The molecule has 18 heavy (non-hydrogen) atoms. The van der Waals surface area contributed by atoms with Crippen molar-refractivity contribution in [3.05, 3.63) is 45.3 Å². The average Bonchev–Trinajstić information content (AvgIpc) is 2.40. The second-order valence-electron chi connectivity index (χ2n) is 4.68. The summed E-state index contributed by atoms with van der Waals surface area (Å²) in [6.07, 6.45) is 2.03. The minimum atomic E-state index is -0.00715. The lowest BCUT2D eigenvalue weighted by atomic mass is 9.95. The van der Waals surface area contributed by atoms with Crippen molar-refractivity contribution in [2.24, 2.45) is 0 Å². The van der Waals surface area contributed by atoms with Crippen LogP contribution in [-0.2, 0) is 0 Å². The van der Waals surface area contributed by atoms with E-state index < -0.39 is 0 Å². The highest BCUT2D eigenvalue weighted by Gasteiger charge is 2.18. The van der Waals surface area contributed by atoms with Crippen LogP contribution in [0.25, 0.3) is 11.0 Å². The summed E-state index contributed by atoms with van der Waals surface area (Å²) in [6.45, 7) is 1.96. The fraction of sp³-hybridized carbons (Fsp3) is 0.357. The molecular weight excluding hydrogens is 250 g/mol. The van der Waals surface area contributed by atoms with Crippen LogP contribution in [0, 0.1) is 0 Å². The van der Waals surface area contributed by atoms with E-state index in [2.05, 4.69) is 5.32 Å². The molecule has 2 heterocycles. The maximum atomic E-state index is 12.1. The van der Waals surface area contributed by atoms with E-state index in [1.54, 1.807) is 24.3 Å². The Labute approximate surface area is 110 Å². The van der Waals surface area contributed by atoms with Gasteiger partial charge in [-0.15, -0.1) is 0 Å². The molecule has 1 aliphatic heterocycles. The predicted molar refractivity (Wildman–Crippen MR) is 72.3 cm³/mol. The first-order valence-electron chi connectivity index (χ1n) is 6.18. The Morgan fingerprint density at radius 3 is 2.78 bits per heavy atom. The molecule has 1 fully saturated rings. The maximum Gasteiger partial charge on any atom is 0.193 e. The number of hydrogen-bond donors (Lipinski definition) is 1. The lowest BCUT2D eigenvalue weighted by Gasteiger charge is -2.21. The van der Waals surface area contributed by atoms with Crippen molar-refractivity contribution in [2.45, 2.75) is 18.8 Å². The standard InChI is InChI=1S/C14H14ClNO2/c15-10-1-2-13-11(7-10)12(17)8-14(18-13)9-3-5-16-6-4-9/h1-2,7-9,16H,3-6H2. The van der Waals surface area contributed by atoms with E-state index in [4.69, 9.17) is 16.0 Å². The van der Waals surface area contributed by atoms with Gasteiger partial charge in [0.05, 0.1) is 5.39 Å². The molecule has 1 aliphatic rings. The molecule has 0 unspecified atom stereocenters. The van der Waals surface area contributed by atoms with Crippen LogP contribution in [0.4, 0.5) is 0 Å². The number of fused-ring (bicyclic) bond motifs is 1. The van der Waals surface area contributed by atoms with Crippen LogP contribution in [0.2, 0.25) is 5.02 Å². The first-order chi connectivity index (χ1) is 8.74. The molecule has 0 radical (unpaired) electrons. The van der Waals surface area contributed by atoms with E-state index in [0.29, 0.717) is 21.9 Å². The molecule has 1 saturated heterocycles. The van der Waals surface area contributed by atoms with Crippen molar-refractivity contribution in [3.8, 4) is 0 Å². The Hall–Kier alpha value is -1.32. The number of halogens is 1. The van der Waals surface area contributed by atoms with Crippen molar-refractivity contribution in [1.82, 2.24) is 5.32 Å². The summed E-state index contributed by atoms with van der Waals surface area (Å²) in [4.78, 5) is 12.1. The lowest BCUT2D eigenvalue weighted by molar-refractivity contribution is 0.392. The summed E-state index contributed by atoms with van der Waals surface area (Å²) in [5.74, 6) is 1.15. The minimum absolute atomic E-state index is 0.00715. The number of piperidine rings is 1. The number of benzene rings is 1. The van der Waals surface area contributed by atoms with Crippen LogP contribution >= 0.6 is 11.6 Å². The van der Waals surface area contributed by atoms with Crippen LogP contribution in [-0.4, -0.2) is 13.1 Å². The largest absolute Gasteiger partial charge is 0.461 e. The SMILES string of the molecule is O=c1cc(C2CCNCC2)oc2ccc(Cl)cc12. The molecule has 1 aromatic heterocycles. The van der Waals surface area contributed by atoms with Crippen LogP contribution in [0.15, 0.2) is 33.5 Å². The molecule has 3 nitrogen and oxygen atoms in total. The van der Waals surface area contributed by atoms with Gasteiger partial charge in [0.15, 0.2) is 5.43 Å². The fourth-order valence-electron chi connectivity index (χ4n) is 2.45. The second-order valence-corrected chi connectivity index (χ2v) is 5.11. The molecular formula is C14H14ClNO2. The zero-order valence-electron chi connectivity index (χ0n) is 9.91. The molecule has 0 spiro atoms. The third kappa shape index (κ3) is 2.16. The van der Waals surface area contributed by atoms with E-state index in [0.717, 1.165) is 31.7 Å². The monoisotopic (exact) mass is 263 g/mol. The van der Waals surface area contributed by atoms with E-state index >= 15 is 0 Å². The molecule has 0 atom stereocenters. The van der Waals surface area contributed by atoms with Crippen LogP contribution in [0.1, 0.15) is 24.5 Å². The van der Waals surface area contributed by atoms with Crippen molar-refractivity contribution < 1.29 is 4.42 Å². The molecule has 0 bridgehead atoms. The van der Waals surface area contributed by atoms with Gasteiger partial charge in [-0.1, -0.05) is 11.6 Å². The molecule has 1 aromatic carbocycles. The zero-order valence-corrected chi connectivity index (χ0v) is 10.7. The molecule has 0 aliphatic carbocycles. The lowest BCUT2D eigenvalue weighted by Crippen LogP contribution is -2.27. The summed E-state index contributed by atoms with van der Waals surface area (Å²) in [5, 5.41) is 4.42. The molecule has 2 aromatic rings. The molecule has 0 amide bonds. The Kier molecular flexibility index (Phi) is 3.10. The highest BCUT2D eigenvalue weighted by atomic mass is 35.5. The van der Waals surface area contributed by atoms with E-state index in [9.17, 15) is 4.79 Å². The van der Waals surface area contributed by atoms with Crippen LogP contribution in [0.3, 0.4) is 0 Å². The van der Waals surface area contributed by atoms with Gasteiger partial charge >= 0.3 is 0 Å². The summed E-state index contributed by atoms with van der Waals surface area (Å²) in [6, 6.07) is 6.80. The Morgan fingerprint density at radius 1 is 1.22 bits per heavy atom. The maximum absolute atomic E-state index is 12.1. The van der Waals surface area contributed by atoms with E-state index in [1.807, 2.05) is 0 Å². The van der Waals surface area contributed by atoms with Crippen LogP contribution in [0.5, 0.6) is 0 Å². The van der Waals surface area contributed by atoms with Gasteiger partial charge in [-0.3, -0.25) is 4.79 Å². The molecule has 94 valence electrons. The van der Waals surface area contributed by atoms with E-state index in [1.165, 1.54) is 0 Å². The molecule has 3 rings (SSSR count). The summed E-state index contributed by atoms with van der Waals surface area (Å²) in [7, 11) is 0. The number of hydrogen-bond acceptors (Lipinski definition) is 3. The Morgan fingerprint density at radius 2 is 2.00 bits per heavy atom. The Balaban J connectivity index is 2.09. The van der Waals surface area contributed by atoms with Crippen molar-refractivity contribution in [2.75, 3.05) is 13.1 Å². The topological polar surface area (TPSA) is 42.2 Å². The smallest absolute Gasteiger partial charge is 0.193 e. The van der Waals surface area contributed by atoms with E-state index in [-0.39, 0.29) is 5.43 Å². The normalized spacial score (nSPS) is 17.2. The highest BCUT2D eigenvalue weighted by Crippen LogP contribution is 2.27. The third-order valence-electron chi connectivity index (χ3n) is 3.45. The Bertz CT molecular complexity index is 629.